The van der Waals surface area contributed by atoms with E-state index in [-0.39, 0.29) is 17.6 Å². The molecule has 2 aliphatic heterocycles. The van der Waals surface area contributed by atoms with Crippen LogP contribution in [0.4, 0.5) is 19.0 Å². The van der Waals surface area contributed by atoms with Gasteiger partial charge in [-0.2, -0.15) is 13.2 Å². The molecule has 0 radical (unpaired) electrons. The molecular weight excluding hydrogens is 325 g/mol. The summed E-state index contributed by atoms with van der Waals surface area (Å²) in [6.45, 7) is 3.17. The third kappa shape index (κ3) is 3.77. The van der Waals surface area contributed by atoms with Crippen molar-refractivity contribution in [1.82, 2.24) is 14.9 Å². The van der Waals surface area contributed by atoms with E-state index in [0.717, 1.165) is 25.2 Å². The van der Waals surface area contributed by atoms with Gasteiger partial charge in [0.05, 0.1) is 19.1 Å². The Morgan fingerprint density at radius 2 is 1.96 bits per heavy atom. The Kier molecular flexibility index (Phi) is 4.88. The molecule has 1 amide bonds. The van der Waals surface area contributed by atoms with E-state index < -0.39 is 11.9 Å². The number of amides is 1. The molecule has 1 atom stereocenters. The van der Waals surface area contributed by atoms with Gasteiger partial charge in [-0.15, -0.1) is 0 Å². The molecule has 0 aliphatic carbocycles. The van der Waals surface area contributed by atoms with Gasteiger partial charge in [0.25, 0.3) is 0 Å². The third-order valence-corrected chi connectivity index (χ3v) is 4.36. The minimum absolute atomic E-state index is 0.0492. The minimum Gasteiger partial charge on any atom is -0.378 e. The lowest BCUT2D eigenvalue weighted by molar-refractivity contribution is -0.141. The van der Waals surface area contributed by atoms with Gasteiger partial charge in [0.1, 0.15) is 17.8 Å². The zero-order valence-corrected chi connectivity index (χ0v) is 13.1. The number of anilines is 1. The summed E-state index contributed by atoms with van der Waals surface area (Å²) in [5, 5.41) is 0. The number of morpholine rings is 1. The van der Waals surface area contributed by atoms with Crippen LogP contribution >= 0.6 is 0 Å². The molecule has 1 aromatic rings. The van der Waals surface area contributed by atoms with E-state index >= 15 is 0 Å². The molecule has 0 N–H and O–H groups in total. The number of carbonyl (C=O) groups excluding carboxylic acids is 1. The maximum Gasteiger partial charge on any atom is 0.433 e. The lowest BCUT2D eigenvalue weighted by Gasteiger charge is -2.36. The number of halogens is 3. The Morgan fingerprint density at radius 1 is 1.21 bits per heavy atom. The Labute approximate surface area is 137 Å². The molecule has 1 aromatic heterocycles. The van der Waals surface area contributed by atoms with E-state index in [1.165, 1.54) is 0 Å². The van der Waals surface area contributed by atoms with E-state index in [9.17, 15) is 18.0 Å². The summed E-state index contributed by atoms with van der Waals surface area (Å²) in [7, 11) is 0. The van der Waals surface area contributed by atoms with Crippen LogP contribution in [0.1, 0.15) is 18.5 Å². The molecule has 0 saturated carbocycles. The van der Waals surface area contributed by atoms with Crippen molar-refractivity contribution in [2.24, 2.45) is 5.92 Å². The zero-order valence-electron chi connectivity index (χ0n) is 13.1. The summed E-state index contributed by atoms with van der Waals surface area (Å²) in [5.41, 5.74) is -0.964. The highest BCUT2D eigenvalue weighted by Crippen LogP contribution is 2.30. The molecule has 6 nitrogen and oxygen atoms in total. The fourth-order valence-corrected chi connectivity index (χ4v) is 3.10. The summed E-state index contributed by atoms with van der Waals surface area (Å²) >= 11 is 0. The maximum atomic E-state index is 12.8. The first-order chi connectivity index (χ1) is 11.4. The highest BCUT2D eigenvalue weighted by atomic mass is 19.4. The van der Waals surface area contributed by atoms with Crippen molar-refractivity contribution in [2.45, 2.75) is 19.0 Å². The number of hydrogen-bond donors (Lipinski definition) is 0. The van der Waals surface area contributed by atoms with Gasteiger partial charge >= 0.3 is 6.18 Å². The lowest BCUT2D eigenvalue weighted by atomic mass is 9.96. The Hall–Kier alpha value is -1.90. The van der Waals surface area contributed by atoms with Crippen LogP contribution in [0.5, 0.6) is 0 Å². The van der Waals surface area contributed by atoms with E-state index in [4.69, 9.17) is 4.74 Å². The molecule has 2 saturated heterocycles. The second-order valence-electron chi connectivity index (χ2n) is 5.98. The van der Waals surface area contributed by atoms with Gasteiger partial charge in [0, 0.05) is 32.2 Å². The predicted octanol–water partition coefficient (Wildman–Crippen LogP) is 1.57. The van der Waals surface area contributed by atoms with E-state index in [0.29, 0.717) is 39.4 Å². The van der Waals surface area contributed by atoms with E-state index in [2.05, 4.69) is 9.97 Å². The molecule has 3 heterocycles. The molecule has 132 valence electrons. The number of hydrogen-bond acceptors (Lipinski definition) is 5. The van der Waals surface area contributed by atoms with E-state index in [1.54, 1.807) is 9.80 Å². The molecule has 2 fully saturated rings. The van der Waals surface area contributed by atoms with Gasteiger partial charge in [-0.1, -0.05) is 0 Å². The SMILES string of the molecule is O=C(C1CCCN(c2cc(C(F)(F)F)ncn2)C1)N1CCOCC1. The standard InChI is InChI=1S/C15H19F3N4O2/c16-15(17,18)12-8-13(20-10-19-12)22-3-1-2-11(9-22)14(23)21-4-6-24-7-5-21/h8,10-11H,1-7,9H2. The number of aromatic nitrogens is 2. The van der Waals surface area contributed by atoms with Crippen molar-refractivity contribution < 1.29 is 22.7 Å². The smallest absolute Gasteiger partial charge is 0.378 e. The first kappa shape index (κ1) is 16.9. The van der Waals surface area contributed by atoms with Crippen molar-refractivity contribution in [2.75, 3.05) is 44.3 Å². The molecular formula is C15H19F3N4O2. The summed E-state index contributed by atoms with van der Waals surface area (Å²) in [5.74, 6) is 0.0473. The summed E-state index contributed by atoms with van der Waals surface area (Å²) in [4.78, 5) is 23.3. The second kappa shape index (κ2) is 6.92. The monoisotopic (exact) mass is 344 g/mol. The zero-order chi connectivity index (χ0) is 17.2. The molecule has 9 heteroatoms. The molecule has 0 aromatic carbocycles. The molecule has 2 aliphatic rings. The largest absolute Gasteiger partial charge is 0.433 e. The Balaban J connectivity index is 1.70. The Morgan fingerprint density at radius 3 is 2.67 bits per heavy atom. The summed E-state index contributed by atoms with van der Waals surface area (Å²) in [6.07, 6.45) is -2.10. The average molecular weight is 344 g/mol. The van der Waals surface area contributed by atoms with Gasteiger partial charge in [-0.05, 0) is 12.8 Å². The Bertz CT molecular complexity index is 590. The van der Waals surface area contributed by atoms with Gasteiger partial charge in [-0.3, -0.25) is 4.79 Å². The normalized spacial score (nSPS) is 22.5. The first-order valence-electron chi connectivity index (χ1n) is 7.96. The van der Waals surface area contributed by atoms with Gasteiger partial charge < -0.3 is 14.5 Å². The number of piperidine rings is 1. The third-order valence-electron chi connectivity index (χ3n) is 4.36. The summed E-state index contributed by atoms with van der Waals surface area (Å²) < 4.78 is 43.6. The van der Waals surface area contributed by atoms with E-state index in [1.807, 2.05) is 0 Å². The van der Waals surface area contributed by atoms with Crippen molar-refractivity contribution in [3.63, 3.8) is 0 Å². The van der Waals surface area contributed by atoms with Crippen molar-refractivity contribution >= 4 is 11.7 Å². The molecule has 0 spiro atoms. The average Bonchev–Trinajstić information content (AvgIpc) is 2.61. The molecule has 1 unspecified atom stereocenters. The number of alkyl halides is 3. The van der Waals surface area contributed by atoms with Gasteiger partial charge in [-0.25, -0.2) is 9.97 Å². The molecule has 3 rings (SSSR count). The maximum absolute atomic E-state index is 12.8. The highest BCUT2D eigenvalue weighted by Gasteiger charge is 2.35. The van der Waals surface area contributed by atoms with Crippen LogP contribution < -0.4 is 4.90 Å². The van der Waals surface area contributed by atoms with Gasteiger partial charge in [0.2, 0.25) is 5.91 Å². The minimum atomic E-state index is -4.50. The second-order valence-corrected chi connectivity index (χ2v) is 5.98. The topological polar surface area (TPSA) is 58.6 Å². The van der Waals surface area contributed by atoms with Crippen LogP contribution in [-0.4, -0.2) is 60.2 Å². The van der Waals surface area contributed by atoms with Crippen LogP contribution in [0.3, 0.4) is 0 Å². The highest BCUT2D eigenvalue weighted by molar-refractivity contribution is 5.79. The predicted molar refractivity (Wildman–Crippen MR) is 79.4 cm³/mol. The van der Waals surface area contributed by atoms with Crippen LogP contribution in [0.15, 0.2) is 12.4 Å². The molecule has 24 heavy (non-hydrogen) atoms. The molecule has 0 bridgehead atoms. The lowest BCUT2D eigenvalue weighted by Crippen LogP contribution is -2.48. The van der Waals surface area contributed by atoms with Crippen molar-refractivity contribution in [3.05, 3.63) is 18.1 Å². The number of ether oxygens (including phenoxy) is 1. The van der Waals surface area contributed by atoms with Crippen LogP contribution in [0, 0.1) is 5.92 Å². The fraction of sp³-hybridized carbons (Fsp3) is 0.667. The van der Waals surface area contributed by atoms with Crippen molar-refractivity contribution in [3.8, 4) is 0 Å². The first-order valence-corrected chi connectivity index (χ1v) is 7.96. The van der Waals surface area contributed by atoms with Crippen LogP contribution in [0.2, 0.25) is 0 Å². The fourth-order valence-electron chi connectivity index (χ4n) is 3.10. The van der Waals surface area contributed by atoms with Crippen molar-refractivity contribution in [1.29, 1.82) is 0 Å². The number of nitrogens with zero attached hydrogens (tertiary/aromatic N) is 4. The number of rotatable bonds is 2. The van der Waals surface area contributed by atoms with Crippen LogP contribution in [-0.2, 0) is 15.7 Å². The quantitative estimate of drug-likeness (QED) is 0.815. The van der Waals surface area contributed by atoms with Gasteiger partial charge in [0.15, 0.2) is 0 Å². The summed E-state index contributed by atoms with van der Waals surface area (Å²) in [6, 6.07) is 0.946. The van der Waals surface area contributed by atoms with Crippen LogP contribution in [0.25, 0.3) is 0 Å². The number of carbonyl (C=O) groups is 1.